The number of aromatic nitrogens is 2. The van der Waals surface area contributed by atoms with E-state index in [1.807, 2.05) is 13.0 Å². The predicted molar refractivity (Wildman–Crippen MR) is 74.2 cm³/mol. The maximum atomic E-state index is 5.43. The van der Waals surface area contributed by atoms with Crippen molar-refractivity contribution in [3.05, 3.63) is 40.6 Å². The van der Waals surface area contributed by atoms with Crippen LogP contribution < -0.4 is 11.3 Å². The van der Waals surface area contributed by atoms with Crippen LogP contribution in [0.25, 0.3) is 11.4 Å². The van der Waals surface area contributed by atoms with Crippen LogP contribution in [0, 0.1) is 27.7 Å². The topological polar surface area (TPSA) is 63.8 Å². The minimum absolute atomic E-state index is 0.636. The average molecular weight is 242 g/mol. The number of nitrogens with zero attached hydrogens (tertiary/aromatic N) is 2. The number of rotatable bonds is 2. The molecule has 0 aliphatic heterocycles. The fourth-order valence-electron chi connectivity index (χ4n) is 2.29. The number of anilines is 1. The standard InChI is InChI=1S/C14H18N4/c1-8-5-9(2)13(10(3)6-8)14-16-11(4)7-12(17-14)18-15/h5-7H,15H2,1-4H3,(H,16,17,18). The molecule has 2 rings (SSSR count). The van der Waals surface area contributed by atoms with Gasteiger partial charge in [0.2, 0.25) is 0 Å². The van der Waals surface area contributed by atoms with E-state index in [2.05, 4.69) is 48.3 Å². The molecule has 0 saturated heterocycles. The maximum absolute atomic E-state index is 5.43. The van der Waals surface area contributed by atoms with Crippen LogP contribution >= 0.6 is 0 Å². The van der Waals surface area contributed by atoms with E-state index in [-0.39, 0.29) is 0 Å². The number of nitrogens with one attached hydrogen (secondary N) is 1. The zero-order chi connectivity index (χ0) is 13.3. The molecule has 18 heavy (non-hydrogen) atoms. The largest absolute Gasteiger partial charge is 0.308 e. The lowest BCUT2D eigenvalue weighted by atomic mass is 9.99. The lowest BCUT2D eigenvalue weighted by Crippen LogP contribution is -2.10. The van der Waals surface area contributed by atoms with Crippen molar-refractivity contribution in [1.82, 2.24) is 9.97 Å². The number of hydrogen-bond acceptors (Lipinski definition) is 4. The van der Waals surface area contributed by atoms with Crippen LogP contribution in [0.3, 0.4) is 0 Å². The first-order chi connectivity index (χ1) is 8.51. The van der Waals surface area contributed by atoms with Gasteiger partial charge < -0.3 is 5.43 Å². The second kappa shape index (κ2) is 4.74. The number of hydrazine groups is 1. The molecule has 4 heteroatoms. The van der Waals surface area contributed by atoms with Gasteiger partial charge in [0.05, 0.1) is 0 Å². The van der Waals surface area contributed by atoms with Crippen LogP contribution in [-0.4, -0.2) is 9.97 Å². The Labute approximate surface area is 107 Å². The van der Waals surface area contributed by atoms with Crippen LogP contribution in [0.15, 0.2) is 18.2 Å². The molecule has 0 spiro atoms. The Bertz CT molecular complexity index is 567. The lowest BCUT2D eigenvalue weighted by molar-refractivity contribution is 1.08. The van der Waals surface area contributed by atoms with Crippen molar-refractivity contribution < 1.29 is 0 Å². The number of aryl methyl sites for hydroxylation is 4. The van der Waals surface area contributed by atoms with Crippen molar-refractivity contribution in [2.24, 2.45) is 5.84 Å². The van der Waals surface area contributed by atoms with Crippen molar-refractivity contribution in [2.75, 3.05) is 5.43 Å². The van der Waals surface area contributed by atoms with Crippen molar-refractivity contribution in [3.63, 3.8) is 0 Å². The molecule has 1 aromatic heterocycles. The van der Waals surface area contributed by atoms with Gasteiger partial charge in [0.1, 0.15) is 5.82 Å². The maximum Gasteiger partial charge on any atom is 0.162 e. The van der Waals surface area contributed by atoms with Crippen LogP contribution in [0.2, 0.25) is 0 Å². The Kier molecular flexibility index (Phi) is 3.30. The minimum atomic E-state index is 0.636. The highest BCUT2D eigenvalue weighted by Gasteiger charge is 2.11. The SMILES string of the molecule is Cc1cc(C)c(-c2nc(C)cc(NN)n2)c(C)c1. The first-order valence-corrected chi connectivity index (χ1v) is 5.92. The second-order valence-corrected chi connectivity index (χ2v) is 4.64. The highest BCUT2D eigenvalue weighted by atomic mass is 15.3. The van der Waals surface area contributed by atoms with Crippen molar-refractivity contribution in [1.29, 1.82) is 0 Å². The summed E-state index contributed by atoms with van der Waals surface area (Å²) in [4.78, 5) is 8.92. The molecule has 0 radical (unpaired) electrons. The molecule has 0 aliphatic rings. The van der Waals surface area contributed by atoms with E-state index in [0.29, 0.717) is 5.82 Å². The summed E-state index contributed by atoms with van der Waals surface area (Å²) in [6.07, 6.45) is 0. The van der Waals surface area contributed by atoms with Gasteiger partial charge in [0, 0.05) is 17.3 Å². The molecular formula is C14H18N4. The third-order valence-corrected chi connectivity index (χ3v) is 2.90. The zero-order valence-electron chi connectivity index (χ0n) is 11.2. The molecule has 4 nitrogen and oxygen atoms in total. The Morgan fingerprint density at radius 2 is 1.56 bits per heavy atom. The zero-order valence-corrected chi connectivity index (χ0v) is 11.2. The number of benzene rings is 1. The van der Waals surface area contributed by atoms with Gasteiger partial charge in [0.25, 0.3) is 0 Å². The van der Waals surface area contributed by atoms with Gasteiger partial charge in [-0.1, -0.05) is 17.7 Å². The normalized spacial score (nSPS) is 10.5. The summed E-state index contributed by atoms with van der Waals surface area (Å²) in [5.74, 6) is 6.78. The van der Waals surface area contributed by atoms with E-state index >= 15 is 0 Å². The van der Waals surface area contributed by atoms with Gasteiger partial charge in [-0.05, 0) is 38.8 Å². The van der Waals surface area contributed by atoms with Gasteiger partial charge in [-0.15, -0.1) is 0 Å². The lowest BCUT2D eigenvalue weighted by Gasteiger charge is -2.11. The van der Waals surface area contributed by atoms with Crippen LogP contribution in [0.5, 0.6) is 0 Å². The summed E-state index contributed by atoms with van der Waals surface area (Å²) in [5.41, 5.74) is 8.17. The summed E-state index contributed by atoms with van der Waals surface area (Å²) in [7, 11) is 0. The van der Waals surface area contributed by atoms with Crippen molar-refractivity contribution in [3.8, 4) is 11.4 Å². The molecule has 0 fully saturated rings. The first-order valence-electron chi connectivity index (χ1n) is 5.92. The van der Waals surface area contributed by atoms with E-state index in [9.17, 15) is 0 Å². The minimum Gasteiger partial charge on any atom is -0.308 e. The highest BCUT2D eigenvalue weighted by molar-refractivity contribution is 5.66. The summed E-state index contributed by atoms with van der Waals surface area (Å²) in [6, 6.07) is 6.11. The third-order valence-electron chi connectivity index (χ3n) is 2.90. The van der Waals surface area contributed by atoms with Gasteiger partial charge in [-0.2, -0.15) is 0 Å². The van der Waals surface area contributed by atoms with Crippen LogP contribution in [0.4, 0.5) is 5.82 Å². The molecule has 0 unspecified atom stereocenters. The van der Waals surface area contributed by atoms with E-state index in [1.54, 1.807) is 0 Å². The third kappa shape index (κ3) is 2.33. The Morgan fingerprint density at radius 1 is 0.944 bits per heavy atom. The Morgan fingerprint density at radius 3 is 2.11 bits per heavy atom. The molecule has 0 amide bonds. The van der Waals surface area contributed by atoms with E-state index in [1.165, 1.54) is 16.7 Å². The molecular weight excluding hydrogens is 224 g/mol. The van der Waals surface area contributed by atoms with Crippen LogP contribution in [0.1, 0.15) is 22.4 Å². The average Bonchev–Trinajstić information content (AvgIpc) is 2.26. The Hall–Kier alpha value is -1.94. The molecule has 2 aromatic rings. The van der Waals surface area contributed by atoms with E-state index in [4.69, 9.17) is 5.84 Å². The molecule has 3 N–H and O–H groups in total. The summed E-state index contributed by atoms with van der Waals surface area (Å²) in [6.45, 7) is 8.19. The number of nitrogen functional groups attached to an aromatic ring is 1. The second-order valence-electron chi connectivity index (χ2n) is 4.64. The first kappa shape index (κ1) is 12.5. The quantitative estimate of drug-likeness (QED) is 0.627. The molecule has 0 atom stereocenters. The fraction of sp³-hybridized carbons (Fsp3) is 0.286. The fourth-order valence-corrected chi connectivity index (χ4v) is 2.29. The Balaban J connectivity index is 2.65. The summed E-state index contributed by atoms with van der Waals surface area (Å²) < 4.78 is 0. The van der Waals surface area contributed by atoms with Crippen LogP contribution in [-0.2, 0) is 0 Å². The molecule has 0 aliphatic carbocycles. The van der Waals surface area contributed by atoms with E-state index in [0.717, 1.165) is 17.1 Å². The summed E-state index contributed by atoms with van der Waals surface area (Å²) in [5, 5.41) is 0. The van der Waals surface area contributed by atoms with Crippen molar-refractivity contribution in [2.45, 2.75) is 27.7 Å². The molecule has 0 saturated carbocycles. The van der Waals surface area contributed by atoms with Gasteiger partial charge in [-0.25, -0.2) is 15.8 Å². The molecule has 1 aromatic carbocycles. The van der Waals surface area contributed by atoms with Gasteiger partial charge >= 0.3 is 0 Å². The highest BCUT2D eigenvalue weighted by Crippen LogP contribution is 2.26. The number of hydrogen-bond donors (Lipinski definition) is 2. The summed E-state index contributed by atoms with van der Waals surface area (Å²) >= 11 is 0. The predicted octanol–water partition coefficient (Wildman–Crippen LogP) is 2.66. The molecule has 94 valence electrons. The molecule has 1 heterocycles. The van der Waals surface area contributed by atoms with Crippen molar-refractivity contribution >= 4 is 5.82 Å². The van der Waals surface area contributed by atoms with E-state index < -0.39 is 0 Å². The van der Waals surface area contributed by atoms with Gasteiger partial charge in [0.15, 0.2) is 5.82 Å². The molecule has 0 bridgehead atoms. The van der Waals surface area contributed by atoms with Gasteiger partial charge in [-0.3, -0.25) is 0 Å². The smallest absolute Gasteiger partial charge is 0.162 e. The number of nitrogens with two attached hydrogens (primary N) is 1. The monoisotopic (exact) mass is 242 g/mol.